The zero-order valence-corrected chi connectivity index (χ0v) is 21.3. The van der Waals surface area contributed by atoms with Crippen molar-refractivity contribution < 1.29 is 37.2 Å². The van der Waals surface area contributed by atoms with Gasteiger partial charge in [0.05, 0.1) is 7.11 Å². The predicted molar refractivity (Wildman–Crippen MR) is 112 cm³/mol. The molecule has 1 rings (SSSR count). The molecule has 0 radical (unpaired) electrons. The van der Waals surface area contributed by atoms with Gasteiger partial charge in [-0.3, -0.25) is 0 Å². The van der Waals surface area contributed by atoms with Gasteiger partial charge in [0.25, 0.3) is 0 Å². The van der Waals surface area contributed by atoms with Crippen LogP contribution >= 0.6 is 0 Å². The molecule has 0 spiro atoms. The third-order valence-electron chi connectivity index (χ3n) is 5.58. The van der Waals surface area contributed by atoms with E-state index in [9.17, 15) is 4.79 Å². The Bertz CT molecular complexity index is 613. The molecule has 1 aromatic rings. The maximum Gasteiger partial charge on any atom is 1.00 e. The number of carbonyl (C=O) groups is 1. The van der Waals surface area contributed by atoms with Gasteiger partial charge in [-0.15, -0.1) is 12.1 Å². The second-order valence-electron chi connectivity index (χ2n) is 9.81. The fourth-order valence-corrected chi connectivity index (χ4v) is 3.65. The van der Waals surface area contributed by atoms with Gasteiger partial charge in [0.2, 0.25) is 16.6 Å². The van der Waals surface area contributed by atoms with E-state index >= 15 is 0 Å². The van der Waals surface area contributed by atoms with Crippen molar-refractivity contribution in [3.8, 4) is 11.5 Å². The van der Waals surface area contributed by atoms with E-state index < -0.39 is 22.6 Å². The first kappa shape index (κ1) is 26.3. The normalized spacial score (nSPS) is 12.9. The predicted octanol–water partition coefficient (Wildman–Crippen LogP) is 3.05. The molecule has 0 bridgehead atoms. The van der Waals surface area contributed by atoms with E-state index in [0.29, 0.717) is 17.1 Å². The maximum absolute atomic E-state index is 12.1. The molecule has 0 saturated heterocycles. The van der Waals surface area contributed by atoms with E-state index in [2.05, 4.69) is 73.8 Å². The summed E-state index contributed by atoms with van der Waals surface area (Å²) in [5.41, 5.74) is 0.425. The van der Waals surface area contributed by atoms with Crippen molar-refractivity contribution in [2.24, 2.45) is 0 Å². The minimum absolute atomic E-state index is 0. The van der Waals surface area contributed by atoms with Crippen LogP contribution < -0.4 is 27.7 Å². The molecular weight excluding hydrogens is 367 g/mol. The van der Waals surface area contributed by atoms with E-state index in [-0.39, 0.29) is 28.9 Å². The first-order valence-electron chi connectivity index (χ1n) is 9.04. The van der Waals surface area contributed by atoms with E-state index in [1.165, 1.54) is 7.11 Å². The molecule has 0 aliphatic heterocycles. The Morgan fingerprint density at radius 3 is 1.44 bits per heavy atom. The standard InChI is InChI=1S/C20H35O4Si2.Li/c1-19(2,3)25(8,9)23-16-12-15(18(21)22-7)13-17(14-16)24-26(10,11)20(4,5)6;/h12-13H,1-11H3;/q-1;+1. The first-order chi connectivity index (χ1) is 11.5. The van der Waals surface area contributed by atoms with Gasteiger partial charge in [-0.1, -0.05) is 47.6 Å². The second-order valence-corrected chi connectivity index (χ2v) is 19.3. The van der Waals surface area contributed by atoms with Crippen molar-refractivity contribution in [1.82, 2.24) is 0 Å². The summed E-state index contributed by atoms with van der Waals surface area (Å²) in [5, 5.41) is 0.0884. The topological polar surface area (TPSA) is 44.8 Å². The zero-order chi connectivity index (χ0) is 20.6. The number of esters is 1. The fourth-order valence-electron chi connectivity index (χ4n) is 1.72. The Kier molecular flexibility index (Phi) is 8.55. The SMILES string of the molecule is COC(=O)c1cc(O[Si](C)(C)C(C)(C)C)[c-]c(O[Si](C)(C)C(C)(C)C)c1.[Li+]. The van der Waals surface area contributed by atoms with Gasteiger partial charge in [-0.25, -0.2) is 4.79 Å². The Morgan fingerprint density at radius 1 is 0.852 bits per heavy atom. The van der Waals surface area contributed by atoms with E-state index in [0.717, 1.165) is 0 Å². The van der Waals surface area contributed by atoms with E-state index in [1.54, 1.807) is 12.1 Å². The molecule has 0 aliphatic rings. The molecule has 0 atom stereocenters. The Labute approximate surface area is 179 Å². The van der Waals surface area contributed by atoms with Gasteiger partial charge in [-0.05, 0) is 53.3 Å². The minimum atomic E-state index is -2.06. The Morgan fingerprint density at radius 2 is 1.19 bits per heavy atom. The van der Waals surface area contributed by atoms with Crippen LogP contribution in [-0.2, 0) is 4.74 Å². The van der Waals surface area contributed by atoms with Crippen LogP contribution in [0, 0.1) is 6.07 Å². The molecule has 0 fully saturated rings. The summed E-state index contributed by atoms with van der Waals surface area (Å²) in [6.07, 6.45) is 0. The van der Waals surface area contributed by atoms with Crippen LogP contribution in [0.3, 0.4) is 0 Å². The van der Waals surface area contributed by atoms with Gasteiger partial charge in [0.15, 0.2) is 0 Å². The van der Waals surface area contributed by atoms with Crippen molar-refractivity contribution >= 4 is 22.6 Å². The van der Waals surface area contributed by atoms with Crippen LogP contribution in [0.1, 0.15) is 51.9 Å². The third kappa shape index (κ3) is 6.70. The molecule has 7 heteroatoms. The number of hydrogen-bond donors (Lipinski definition) is 0. The zero-order valence-electron chi connectivity index (χ0n) is 19.3. The average molecular weight is 403 g/mol. The fraction of sp³-hybridized carbons (Fsp3) is 0.650. The Balaban J connectivity index is 0.00000676. The molecule has 27 heavy (non-hydrogen) atoms. The summed E-state index contributed by atoms with van der Waals surface area (Å²) in [5.74, 6) is 0.695. The summed E-state index contributed by atoms with van der Waals surface area (Å²) in [7, 11) is -2.74. The summed E-state index contributed by atoms with van der Waals surface area (Å²) in [4.78, 5) is 12.1. The number of carbonyl (C=O) groups excluding carboxylic acids is 1. The Hall–Kier alpha value is -0.679. The van der Waals surface area contributed by atoms with Gasteiger partial charge >= 0.3 is 24.8 Å². The molecule has 0 unspecified atom stereocenters. The van der Waals surface area contributed by atoms with Crippen molar-refractivity contribution in [2.45, 2.75) is 77.8 Å². The molecular formula is C20H35LiO4Si2. The van der Waals surface area contributed by atoms with Crippen LogP contribution in [0.4, 0.5) is 0 Å². The molecule has 0 aliphatic carbocycles. The summed E-state index contributed by atoms with van der Waals surface area (Å²) < 4.78 is 17.6. The number of ether oxygens (including phenoxy) is 1. The second kappa shape index (κ2) is 8.77. The number of benzene rings is 1. The monoisotopic (exact) mass is 402 g/mol. The first-order valence-corrected chi connectivity index (χ1v) is 14.9. The van der Waals surface area contributed by atoms with Crippen molar-refractivity contribution in [1.29, 1.82) is 0 Å². The molecule has 0 heterocycles. The van der Waals surface area contributed by atoms with Crippen LogP contribution in [0.15, 0.2) is 12.1 Å². The van der Waals surface area contributed by atoms with Gasteiger partial charge in [0, 0.05) is 0 Å². The van der Waals surface area contributed by atoms with Crippen molar-refractivity contribution in [2.75, 3.05) is 7.11 Å². The molecule has 4 nitrogen and oxygen atoms in total. The van der Waals surface area contributed by atoms with Crippen molar-refractivity contribution in [3.63, 3.8) is 0 Å². The third-order valence-corrected chi connectivity index (χ3v) is 14.3. The molecule has 0 N–H and O–H groups in total. The number of hydrogen-bond acceptors (Lipinski definition) is 4. The van der Waals surface area contributed by atoms with E-state index in [1.807, 2.05) is 0 Å². The molecule has 148 valence electrons. The van der Waals surface area contributed by atoms with Crippen molar-refractivity contribution in [3.05, 3.63) is 23.8 Å². The molecule has 0 amide bonds. The maximum atomic E-state index is 12.1. The summed E-state index contributed by atoms with van der Waals surface area (Å²) >= 11 is 0. The van der Waals surface area contributed by atoms with Gasteiger partial charge < -0.3 is 13.6 Å². The van der Waals surface area contributed by atoms with Crippen LogP contribution in [-0.4, -0.2) is 29.7 Å². The smallest absolute Gasteiger partial charge is 0.564 e. The number of methoxy groups -OCH3 is 1. The molecule has 0 saturated carbocycles. The molecule has 0 aromatic heterocycles. The quantitative estimate of drug-likeness (QED) is 0.431. The summed E-state index contributed by atoms with van der Waals surface area (Å²) in [6, 6.07) is 6.64. The van der Waals surface area contributed by atoms with Gasteiger partial charge in [-0.2, -0.15) is 0 Å². The minimum Gasteiger partial charge on any atom is -0.564 e. The number of rotatable bonds is 5. The molecule has 1 aromatic carbocycles. The summed E-state index contributed by atoms with van der Waals surface area (Å²) in [6.45, 7) is 21.7. The largest absolute Gasteiger partial charge is 1.00 e. The van der Waals surface area contributed by atoms with E-state index in [4.69, 9.17) is 13.6 Å². The van der Waals surface area contributed by atoms with Gasteiger partial charge in [0.1, 0.15) is 0 Å². The van der Waals surface area contributed by atoms with Crippen LogP contribution in [0.5, 0.6) is 11.5 Å². The average Bonchev–Trinajstić information content (AvgIpc) is 2.42. The van der Waals surface area contributed by atoms with Crippen LogP contribution in [0.2, 0.25) is 36.3 Å². The van der Waals surface area contributed by atoms with Crippen LogP contribution in [0.25, 0.3) is 0 Å².